The summed E-state index contributed by atoms with van der Waals surface area (Å²) in [5.41, 5.74) is 9.07. The van der Waals surface area contributed by atoms with E-state index in [0.29, 0.717) is 31.1 Å². The highest BCUT2D eigenvalue weighted by Crippen LogP contribution is 2.41. The number of aryl methyl sites for hydroxylation is 1. The van der Waals surface area contributed by atoms with E-state index in [0.717, 1.165) is 35.5 Å². The van der Waals surface area contributed by atoms with Gasteiger partial charge in [0.05, 0.1) is 17.4 Å². The quantitative estimate of drug-likeness (QED) is 0.473. The Hall–Kier alpha value is -3.00. The van der Waals surface area contributed by atoms with Crippen molar-refractivity contribution in [2.45, 2.75) is 51.5 Å². The van der Waals surface area contributed by atoms with Gasteiger partial charge in [-0.25, -0.2) is 9.97 Å². The molecule has 0 saturated heterocycles. The van der Waals surface area contributed by atoms with Crippen LogP contribution in [0, 0.1) is 0 Å². The van der Waals surface area contributed by atoms with Gasteiger partial charge in [0.15, 0.2) is 11.5 Å². The number of likely N-dealkylation sites (N-methyl/N-ethyl adjacent to an activating group) is 1. The van der Waals surface area contributed by atoms with Crippen LogP contribution in [0.25, 0.3) is 0 Å². The number of anilines is 2. The highest BCUT2D eigenvalue weighted by molar-refractivity contribution is 5.96. The van der Waals surface area contributed by atoms with Crippen LogP contribution in [-0.2, 0) is 17.6 Å². The maximum atomic E-state index is 12.1. The average Bonchev–Trinajstić information content (AvgIpc) is 3.57. The van der Waals surface area contributed by atoms with Gasteiger partial charge in [0.2, 0.25) is 5.91 Å². The molecule has 8 heteroatoms. The number of aromatic nitrogens is 2. The predicted molar refractivity (Wildman–Crippen MR) is 117 cm³/mol. The smallest absolute Gasteiger partial charge is 0.271 e. The minimum atomic E-state index is -2.38. The molecule has 0 radical (unpaired) electrons. The van der Waals surface area contributed by atoms with E-state index in [4.69, 9.17) is 14.8 Å². The number of nitrogens with one attached hydrogen (secondary N) is 3. The summed E-state index contributed by atoms with van der Waals surface area (Å²) >= 11 is 0. The Bertz CT molecular complexity index is 1020. The van der Waals surface area contributed by atoms with Gasteiger partial charge in [-0.1, -0.05) is 19.1 Å². The van der Waals surface area contributed by atoms with Crippen LogP contribution in [0.3, 0.4) is 0 Å². The molecule has 1 saturated carbocycles. The summed E-state index contributed by atoms with van der Waals surface area (Å²) in [6.07, 6.45) is 3.36. The topological polar surface area (TPSA) is 122 Å². The molecule has 3 rings (SSSR count). The largest absolute Gasteiger partial charge is 0.364 e. The molecule has 8 nitrogen and oxygen atoms in total. The lowest BCUT2D eigenvalue weighted by Gasteiger charge is -2.14. The van der Waals surface area contributed by atoms with Crippen molar-refractivity contribution in [3.8, 4) is 0 Å². The van der Waals surface area contributed by atoms with E-state index in [1.54, 1.807) is 0 Å². The molecule has 160 valence electrons. The number of carbonyl (C=O) groups is 2. The molecule has 1 atom stereocenters. The van der Waals surface area contributed by atoms with Crippen molar-refractivity contribution in [3.63, 3.8) is 0 Å². The number of hydrogen-bond acceptors (Lipinski definition) is 6. The molecular formula is C22H30N6O2. The number of carbonyl (C=O) groups excluding carboxylic acids is 2. The van der Waals surface area contributed by atoms with Crippen molar-refractivity contribution in [1.29, 1.82) is 0 Å². The van der Waals surface area contributed by atoms with E-state index >= 15 is 0 Å². The van der Waals surface area contributed by atoms with Gasteiger partial charge in [0.25, 0.3) is 5.91 Å². The average molecular weight is 414 g/mol. The van der Waals surface area contributed by atoms with Crippen LogP contribution in [0.1, 0.15) is 64.2 Å². The first kappa shape index (κ1) is 17.8. The standard InChI is InChI=1S/C22H30N6O2/c1-4-17-18(15-8-9-15)28-21(19(27-17)20(23)29)26-16-7-5-6-14(12-16)10-11-25-22(30)13(2)24-3/h5-7,12-13,15,24H,4,8-11H2,1-3H3,(H2,23,29)(H,25,30)(H,26,28)/t13-/m0/s1/i3D3. The number of rotatable bonds is 10. The van der Waals surface area contributed by atoms with Gasteiger partial charge in [-0.2, -0.15) is 0 Å². The van der Waals surface area contributed by atoms with Crippen molar-refractivity contribution in [2.75, 3.05) is 18.8 Å². The molecule has 1 heterocycles. The molecule has 5 N–H and O–H groups in total. The normalized spacial score (nSPS) is 16.1. The Morgan fingerprint density at radius 3 is 2.80 bits per heavy atom. The molecule has 1 aromatic carbocycles. The summed E-state index contributed by atoms with van der Waals surface area (Å²) in [6.45, 7) is 1.45. The molecule has 1 fully saturated rings. The minimum Gasteiger partial charge on any atom is -0.364 e. The molecule has 1 aromatic heterocycles. The van der Waals surface area contributed by atoms with Crippen LogP contribution in [0.5, 0.6) is 0 Å². The Morgan fingerprint density at radius 2 is 2.13 bits per heavy atom. The summed E-state index contributed by atoms with van der Waals surface area (Å²) in [7, 11) is 0. The van der Waals surface area contributed by atoms with Gasteiger partial charge < -0.3 is 21.7 Å². The number of hydrogen-bond donors (Lipinski definition) is 4. The van der Waals surface area contributed by atoms with Gasteiger partial charge in [-0.15, -0.1) is 0 Å². The van der Waals surface area contributed by atoms with E-state index in [9.17, 15) is 9.59 Å². The molecule has 1 aliphatic rings. The lowest BCUT2D eigenvalue weighted by atomic mass is 10.1. The number of benzene rings is 1. The van der Waals surface area contributed by atoms with Gasteiger partial charge in [-0.3, -0.25) is 9.59 Å². The van der Waals surface area contributed by atoms with Crippen molar-refractivity contribution in [1.82, 2.24) is 20.6 Å². The monoisotopic (exact) mass is 413 g/mol. The lowest BCUT2D eigenvalue weighted by molar-refractivity contribution is -0.122. The van der Waals surface area contributed by atoms with Gasteiger partial charge in [0, 0.05) is 22.3 Å². The second kappa shape index (κ2) is 9.67. The Balaban J connectivity index is 1.67. The molecule has 0 aliphatic heterocycles. The first-order valence-electron chi connectivity index (χ1n) is 11.7. The molecule has 0 unspecified atom stereocenters. The number of nitrogens with two attached hydrogens (primary N) is 1. The Kier molecular flexibility index (Phi) is 5.74. The fourth-order valence-corrected chi connectivity index (χ4v) is 3.18. The first-order chi connectivity index (χ1) is 15.6. The summed E-state index contributed by atoms with van der Waals surface area (Å²) < 4.78 is 21.6. The predicted octanol–water partition coefficient (Wildman–Crippen LogP) is 2.03. The molecule has 1 aliphatic carbocycles. The van der Waals surface area contributed by atoms with Gasteiger partial charge >= 0.3 is 0 Å². The van der Waals surface area contributed by atoms with Crippen molar-refractivity contribution in [2.24, 2.45) is 5.73 Å². The summed E-state index contributed by atoms with van der Waals surface area (Å²) in [5.74, 6) is -0.296. The van der Waals surface area contributed by atoms with E-state index in [2.05, 4.69) is 20.9 Å². The molecule has 2 aromatic rings. The summed E-state index contributed by atoms with van der Waals surface area (Å²) in [6, 6.07) is 6.69. The zero-order valence-corrected chi connectivity index (χ0v) is 17.3. The van der Waals surface area contributed by atoms with E-state index in [-0.39, 0.29) is 11.6 Å². The van der Waals surface area contributed by atoms with E-state index in [1.807, 2.05) is 31.2 Å². The number of amides is 2. The Morgan fingerprint density at radius 1 is 1.33 bits per heavy atom. The second-order valence-electron chi connectivity index (χ2n) is 7.48. The van der Waals surface area contributed by atoms with Gasteiger partial charge in [-0.05, 0) is 57.3 Å². The van der Waals surface area contributed by atoms with Crippen molar-refractivity contribution in [3.05, 3.63) is 46.9 Å². The Labute approximate surface area is 181 Å². The lowest BCUT2D eigenvalue weighted by Crippen LogP contribution is -2.41. The number of primary amides is 1. The molecule has 2 amide bonds. The molecule has 0 spiro atoms. The highest BCUT2D eigenvalue weighted by Gasteiger charge is 2.30. The number of nitrogens with zero attached hydrogens (tertiary/aromatic N) is 2. The fraction of sp³-hybridized carbons (Fsp3) is 0.455. The van der Waals surface area contributed by atoms with Gasteiger partial charge in [0.1, 0.15) is 0 Å². The van der Waals surface area contributed by atoms with Crippen LogP contribution < -0.4 is 21.7 Å². The first-order valence-corrected chi connectivity index (χ1v) is 10.2. The third kappa shape index (κ3) is 5.33. The van der Waals surface area contributed by atoms with Crippen LogP contribution in [0.4, 0.5) is 11.5 Å². The third-order valence-corrected chi connectivity index (χ3v) is 5.04. The molecule has 30 heavy (non-hydrogen) atoms. The van der Waals surface area contributed by atoms with Crippen molar-refractivity contribution >= 4 is 23.3 Å². The highest BCUT2D eigenvalue weighted by atomic mass is 16.2. The summed E-state index contributed by atoms with van der Waals surface area (Å²) in [5, 5.41) is 8.18. The second-order valence-corrected chi connectivity index (χ2v) is 7.48. The van der Waals surface area contributed by atoms with Crippen LogP contribution in [0.2, 0.25) is 0 Å². The van der Waals surface area contributed by atoms with Crippen LogP contribution in [-0.4, -0.2) is 41.3 Å². The van der Waals surface area contributed by atoms with E-state index in [1.165, 1.54) is 6.92 Å². The molecular weight excluding hydrogens is 380 g/mol. The third-order valence-electron chi connectivity index (χ3n) is 5.04. The van der Waals surface area contributed by atoms with Crippen LogP contribution >= 0.6 is 0 Å². The zero-order valence-electron chi connectivity index (χ0n) is 20.3. The molecule has 0 bridgehead atoms. The minimum absolute atomic E-state index is 0.115. The van der Waals surface area contributed by atoms with E-state index < -0.39 is 18.9 Å². The van der Waals surface area contributed by atoms with Crippen LogP contribution in [0.15, 0.2) is 24.3 Å². The van der Waals surface area contributed by atoms with Crippen molar-refractivity contribution < 1.29 is 13.7 Å². The SMILES string of the molecule is [2H]C([2H])([2H])N[C@@H](C)C(=O)NCCc1cccc(Nc2nc(C3CC3)c(CC)nc2C(N)=O)c1. The zero-order chi connectivity index (χ0) is 24.2. The maximum Gasteiger partial charge on any atom is 0.271 e. The maximum absolute atomic E-state index is 12.1. The summed E-state index contributed by atoms with van der Waals surface area (Å²) in [4.78, 5) is 33.2. The fourth-order valence-electron chi connectivity index (χ4n) is 3.18.